The van der Waals surface area contributed by atoms with E-state index in [0.717, 1.165) is 0 Å². The number of hydrogen-bond donors (Lipinski definition) is 0. The van der Waals surface area contributed by atoms with Crippen LogP contribution in [0.2, 0.25) is 39.3 Å². The average Bonchev–Trinajstić information content (AvgIpc) is 2.21. The minimum absolute atomic E-state index is 0.0998. The van der Waals surface area contributed by atoms with E-state index in [-0.39, 0.29) is 21.3 Å². The fourth-order valence-corrected chi connectivity index (χ4v) is 18.2. The molecule has 0 aliphatic carbocycles. The predicted molar refractivity (Wildman–Crippen MR) is 113 cm³/mol. The van der Waals surface area contributed by atoms with E-state index >= 15 is 0 Å². The fourth-order valence-electron chi connectivity index (χ4n) is 2.68. The van der Waals surface area contributed by atoms with Crippen LogP contribution >= 0.6 is 0 Å². The van der Waals surface area contributed by atoms with Gasteiger partial charge in [-0.2, -0.15) is 0 Å². The molecule has 0 heterocycles. The van der Waals surface area contributed by atoms with Gasteiger partial charge in [0.2, 0.25) is 0 Å². The van der Waals surface area contributed by atoms with Crippen molar-refractivity contribution >= 4 is 38.2 Å². The first-order valence-electron chi connectivity index (χ1n) is 8.92. The van der Waals surface area contributed by atoms with Crippen LogP contribution in [0.25, 0.3) is 0 Å². The van der Waals surface area contributed by atoms with Gasteiger partial charge in [0.25, 0.3) is 0 Å². The van der Waals surface area contributed by atoms with E-state index in [1.165, 1.54) is 5.84 Å². The number of amidine groups is 1. The SMILES string of the molecule is CC(C)N=C([N]([Ge][N]([Si](C)(C)C)[Si](C)(C)C)C(C)C)C(C)(C)C. The van der Waals surface area contributed by atoms with Crippen molar-refractivity contribution in [3.8, 4) is 0 Å². The summed E-state index contributed by atoms with van der Waals surface area (Å²) in [6.45, 7) is 31.0. The minimum atomic E-state index is -1.32. The molecule has 0 aliphatic rings. The van der Waals surface area contributed by atoms with Crippen molar-refractivity contribution in [2.75, 3.05) is 0 Å². The zero-order valence-electron chi connectivity index (χ0n) is 18.0. The number of rotatable bonds is 6. The predicted octanol–water partition coefficient (Wildman–Crippen LogP) is 5.06. The molecule has 0 spiro atoms. The molecular formula is C17H41GeN3Si2. The van der Waals surface area contributed by atoms with Gasteiger partial charge in [0.1, 0.15) is 0 Å². The van der Waals surface area contributed by atoms with E-state index in [0.29, 0.717) is 12.1 Å². The van der Waals surface area contributed by atoms with E-state index < -0.39 is 16.5 Å². The molecule has 0 rings (SSSR count). The van der Waals surface area contributed by atoms with E-state index in [4.69, 9.17) is 4.99 Å². The molecule has 0 atom stereocenters. The van der Waals surface area contributed by atoms with Crippen molar-refractivity contribution in [3.05, 3.63) is 0 Å². The van der Waals surface area contributed by atoms with Gasteiger partial charge in [0.05, 0.1) is 0 Å². The van der Waals surface area contributed by atoms with Gasteiger partial charge in [-0.05, 0) is 0 Å². The van der Waals surface area contributed by atoms with Gasteiger partial charge in [-0.25, -0.2) is 0 Å². The summed E-state index contributed by atoms with van der Waals surface area (Å²) < 4.78 is 5.65. The molecule has 0 fully saturated rings. The third-order valence-electron chi connectivity index (χ3n) is 3.35. The molecule has 0 saturated heterocycles. The van der Waals surface area contributed by atoms with Gasteiger partial charge in [-0.15, -0.1) is 0 Å². The molecule has 0 saturated carbocycles. The van der Waals surface area contributed by atoms with Gasteiger partial charge in [0.15, 0.2) is 0 Å². The molecule has 2 radical (unpaired) electrons. The van der Waals surface area contributed by atoms with E-state index in [9.17, 15) is 0 Å². The molecule has 0 bridgehead atoms. The Morgan fingerprint density at radius 2 is 1.26 bits per heavy atom. The Kier molecular flexibility index (Phi) is 8.34. The quantitative estimate of drug-likeness (QED) is 0.343. The average molecular weight is 416 g/mol. The maximum absolute atomic E-state index is 5.06. The van der Waals surface area contributed by atoms with Crippen LogP contribution in [0.3, 0.4) is 0 Å². The second kappa shape index (κ2) is 8.19. The molecule has 0 aromatic heterocycles. The van der Waals surface area contributed by atoms with Gasteiger partial charge >= 0.3 is 155 Å². The standard InChI is InChI=1S/C17H41GeN3Si2/c1-14(2)19-16(17(5,6)7)20(15(3)4)18-21(22(8,9)10)23(11,12)13/h14-15H,1-13H3. The Balaban J connectivity index is 5.88. The topological polar surface area (TPSA) is 18.8 Å². The summed E-state index contributed by atoms with van der Waals surface area (Å²) in [5.74, 6) is 1.31. The summed E-state index contributed by atoms with van der Waals surface area (Å²) in [5, 5.41) is 0. The molecule has 3 nitrogen and oxygen atoms in total. The molecule has 0 aromatic carbocycles. The first kappa shape index (κ1) is 23.4. The zero-order chi connectivity index (χ0) is 18.8. The van der Waals surface area contributed by atoms with Crippen molar-refractivity contribution in [2.45, 2.75) is 99.8 Å². The van der Waals surface area contributed by atoms with Crippen LogP contribution in [-0.2, 0) is 0 Å². The van der Waals surface area contributed by atoms with Crippen molar-refractivity contribution in [1.82, 2.24) is 7.05 Å². The van der Waals surface area contributed by atoms with Crippen LogP contribution in [0.1, 0.15) is 48.5 Å². The first-order valence-corrected chi connectivity index (χ1v) is 17.7. The second-order valence-electron chi connectivity index (χ2n) is 10.0. The third kappa shape index (κ3) is 7.88. The van der Waals surface area contributed by atoms with E-state index in [1.807, 2.05) is 0 Å². The summed E-state index contributed by atoms with van der Waals surface area (Å²) in [5.41, 5.74) is 0.0998. The molecule has 23 heavy (non-hydrogen) atoms. The molecule has 6 heteroatoms. The molecule has 0 aliphatic heterocycles. The Bertz CT molecular complexity index is 388. The van der Waals surface area contributed by atoms with Gasteiger partial charge in [-0.1, -0.05) is 0 Å². The fraction of sp³-hybridized carbons (Fsp3) is 0.941. The summed E-state index contributed by atoms with van der Waals surface area (Å²) in [6, 6.07) is 0.867. The van der Waals surface area contributed by atoms with Crippen LogP contribution in [0, 0.1) is 5.41 Å². The maximum atomic E-state index is 5.06. The molecule has 0 amide bonds. The van der Waals surface area contributed by atoms with Crippen LogP contribution in [-0.4, -0.2) is 57.3 Å². The summed E-state index contributed by atoms with van der Waals surface area (Å²) in [6.07, 6.45) is 0. The van der Waals surface area contributed by atoms with Crippen molar-refractivity contribution in [1.29, 1.82) is 0 Å². The van der Waals surface area contributed by atoms with Crippen LogP contribution < -0.4 is 0 Å². The Labute approximate surface area is 155 Å². The van der Waals surface area contributed by atoms with Crippen LogP contribution in [0.5, 0.6) is 0 Å². The molecule has 136 valence electrons. The molecule has 0 N–H and O–H groups in total. The van der Waals surface area contributed by atoms with Crippen molar-refractivity contribution in [3.63, 3.8) is 0 Å². The van der Waals surface area contributed by atoms with Crippen molar-refractivity contribution in [2.24, 2.45) is 10.4 Å². The van der Waals surface area contributed by atoms with E-state index in [1.54, 1.807) is 0 Å². The van der Waals surface area contributed by atoms with Crippen LogP contribution in [0.4, 0.5) is 0 Å². The van der Waals surface area contributed by atoms with Crippen LogP contribution in [0.15, 0.2) is 4.99 Å². The number of hydrogen-bond acceptors (Lipinski definition) is 2. The Morgan fingerprint density at radius 1 is 0.870 bits per heavy atom. The van der Waals surface area contributed by atoms with Gasteiger partial charge in [0, 0.05) is 0 Å². The number of aliphatic imine (C=N–C) groups is 1. The normalized spacial score (nSPS) is 15.0. The zero-order valence-corrected chi connectivity index (χ0v) is 22.1. The number of nitrogens with zero attached hydrogens (tertiary/aromatic N) is 3. The summed E-state index contributed by atoms with van der Waals surface area (Å²) in [7, 11) is -2.64. The first-order chi connectivity index (χ1) is 9.98. The van der Waals surface area contributed by atoms with Crippen molar-refractivity contribution < 1.29 is 0 Å². The Morgan fingerprint density at radius 3 is 1.48 bits per heavy atom. The molecule has 0 unspecified atom stereocenters. The van der Waals surface area contributed by atoms with Gasteiger partial charge < -0.3 is 0 Å². The summed E-state index contributed by atoms with van der Waals surface area (Å²) >= 11 is -0.373. The van der Waals surface area contributed by atoms with Gasteiger partial charge in [-0.3, -0.25) is 0 Å². The Hall–Kier alpha value is 0.407. The second-order valence-corrected chi connectivity index (χ2v) is 24.3. The monoisotopic (exact) mass is 417 g/mol. The van der Waals surface area contributed by atoms with E-state index in [2.05, 4.69) is 94.8 Å². The summed E-state index contributed by atoms with van der Waals surface area (Å²) in [4.78, 5) is 5.06. The molecular weight excluding hydrogens is 375 g/mol. The molecule has 0 aromatic rings. The third-order valence-corrected chi connectivity index (χ3v) is 21.9.